The van der Waals surface area contributed by atoms with E-state index in [1.807, 2.05) is 37.3 Å². The van der Waals surface area contributed by atoms with Gasteiger partial charge in [0.2, 0.25) is 5.91 Å². The molecule has 2 rings (SSSR count). The van der Waals surface area contributed by atoms with Gasteiger partial charge in [0.15, 0.2) is 9.84 Å². The Labute approximate surface area is 156 Å². The average molecular weight is 374 g/mol. The van der Waals surface area contributed by atoms with E-state index in [2.05, 4.69) is 5.32 Å². The molecule has 0 aliphatic heterocycles. The smallest absolute Gasteiger partial charge is 0.231 e. The minimum atomic E-state index is -3.27. The van der Waals surface area contributed by atoms with Crippen molar-refractivity contribution in [1.29, 1.82) is 0 Å². The summed E-state index contributed by atoms with van der Waals surface area (Å²) >= 11 is 0. The minimum Gasteiger partial charge on any atom is -0.326 e. The molecule has 0 fully saturated rings. The zero-order valence-corrected chi connectivity index (χ0v) is 16.6. The highest BCUT2D eigenvalue weighted by Crippen LogP contribution is 2.24. The first kappa shape index (κ1) is 20.2. The van der Waals surface area contributed by atoms with Gasteiger partial charge >= 0.3 is 0 Å². The van der Waals surface area contributed by atoms with Crippen molar-refractivity contribution in [3.05, 3.63) is 65.7 Å². The van der Waals surface area contributed by atoms with E-state index < -0.39 is 14.6 Å². The van der Waals surface area contributed by atoms with Crippen molar-refractivity contribution in [1.82, 2.24) is 0 Å². The fraction of sp³-hybridized carbons (Fsp3) is 0.381. The summed E-state index contributed by atoms with van der Waals surface area (Å²) in [6.45, 7) is 7.06. The summed E-state index contributed by atoms with van der Waals surface area (Å²) in [5.74, 6) is -0.372. The maximum Gasteiger partial charge on any atom is 0.231 e. The molecule has 0 saturated heterocycles. The molecule has 1 amide bonds. The average Bonchev–Trinajstić information content (AvgIpc) is 2.55. The highest BCUT2D eigenvalue weighted by molar-refractivity contribution is 7.91. The van der Waals surface area contributed by atoms with Gasteiger partial charge in [0.25, 0.3) is 0 Å². The van der Waals surface area contributed by atoms with Gasteiger partial charge < -0.3 is 5.32 Å². The van der Waals surface area contributed by atoms with E-state index >= 15 is 0 Å². The van der Waals surface area contributed by atoms with Gasteiger partial charge in [0.05, 0.1) is 16.4 Å². The van der Waals surface area contributed by atoms with E-state index in [9.17, 15) is 13.2 Å². The number of nitrogens with one attached hydrogen (secondary N) is 1. The highest BCUT2D eigenvalue weighted by atomic mass is 32.2. The molecule has 2 aromatic carbocycles. The Kier molecular flexibility index (Phi) is 6.24. The van der Waals surface area contributed by atoms with E-state index in [-0.39, 0.29) is 17.6 Å². The SMILES string of the molecule is CCC(C(=O)Nc1cccc(CS(=O)(=O)C(C)(C)C)c1)c1ccccc1. The molecule has 4 nitrogen and oxygen atoms in total. The quantitative estimate of drug-likeness (QED) is 0.809. The van der Waals surface area contributed by atoms with Crippen LogP contribution in [0.2, 0.25) is 0 Å². The number of hydrogen-bond acceptors (Lipinski definition) is 3. The summed E-state index contributed by atoms with van der Waals surface area (Å²) in [4.78, 5) is 12.7. The van der Waals surface area contributed by atoms with Crippen molar-refractivity contribution in [3.8, 4) is 0 Å². The van der Waals surface area contributed by atoms with E-state index in [4.69, 9.17) is 0 Å². The third-order valence-corrected chi connectivity index (χ3v) is 6.99. The van der Waals surface area contributed by atoms with Crippen molar-refractivity contribution in [2.45, 2.75) is 50.5 Å². The molecule has 0 radical (unpaired) electrons. The first-order chi connectivity index (χ1) is 12.1. The van der Waals surface area contributed by atoms with Gasteiger partial charge in [-0.1, -0.05) is 49.4 Å². The fourth-order valence-electron chi connectivity index (χ4n) is 2.66. The van der Waals surface area contributed by atoms with Gasteiger partial charge in [-0.05, 0) is 50.5 Å². The van der Waals surface area contributed by atoms with Crippen LogP contribution in [0.3, 0.4) is 0 Å². The Morgan fingerprint density at radius 3 is 2.27 bits per heavy atom. The zero-order valence-electron chi connectivity index (χ0n) is 15.8. The molecule has 1 unspecified atom stereocenters. The molecule has 140 valence electrons. The maximum atomic E-state index is 12.7. The van der Waals surface area contributed by atoms with Gasteiger partial charge in [0.1, 0.15) is 0 Å². The van der Waals surface area contributed by atoms with Crippen molar-refractivity contribution in [2.75, 3.05) is 5.32 Å². The largest absolute Gasteiger partial charge is 0.326 e. The summed E-state index contributed by atoms with van der Waals surface area (Å²) < 4.78 is 24.0. The Bertz CT molecular complexity index is 852. The second-order valence-corrected chi connectivity index (χ2v) is 10.2. The summed E-state index contributed by atoms with van der Waals surface area (Å²) in [5, 5.41) is 2.92. The number of hydrogen-bond donors (Lipinski definition) is 1. The van der Waals surface area contributed by atoms with E-state index in [1.165, 1.54) is 0 Å². The molecule has 5 heteroatoms. The summed E-state index contributed by atoms with van der Waals surface area (Å²) in [6.07, 6.45) is 0.688. The summed E-state index contributed by atoms with van der Waals surface area (Å²) in [5.41, 5.74) is 2.26. The first-order valence-corrected chi connectivity index (χ1v) is 10.5. The van der Waals surface area contributed by atoms with Crippen LogP contribution in [0.15, 0.2) is 54.6 Å². The Morgan fingerprint density at radius 1 is 1.04 bits per heavy atom. The lowest BCUT2D eigenvalue weighted by Gasteiger charge is -2.19. The van der Waals surface area contributed by atoms with Crippen molar-refractivity contribution < 1.29 is 13.2 Å². The molecule has 0 aliphatic carbocycles. The van der Waals surface area contributed by atoms with Crippen LogP contribution < -0.4 is 5.32 Å². The van der Waals surface area contributed by atoms with Crippen molar-refractivity contribution in [3.63, 3.8) is 0 Å². The molecule has 1 N–H and O–H groups in total. The monoisotopic (exact) mass is 373 g/mol. The lowest BCUT2D eigenvalue weighted by atomic mass is 9.95. The van der Waals surface area contributed by atoms with Crippen LogP contribution in [-0.4, -0.2) is 19.1 Å². The number of benzene rings is 2. The first-order valence-electron chi connectivity index (χ1n) is 8.81. The van der Waals surface area contributed by atoms with Gasteiger partial charge in [-0.2, -0.15) is 0 Å². The predicted molar refractivity (Wildman–Crippen MR) is 107 cm³/mol. The van der Waals surface area contributed by atoms with Crippen molar-refractivity contribution >= 4 is 21.4 Å². The predicted octanol–water partition coefficient (Wildman–Crippen LogP) is 4.53. The Balaban J connectivity index is 2.17. The van der Waals surface area contributed by atoms with Gasteiger partial charge in [-0.3, -0.25) is 4.79 Å². The topological polar surface area (TPSA) is 63.2 Å². The third-order valence-electron chi connectivity index (χ3n) is 4.41. The number of amides is 1. The van der Waals surface area contributed by atoms with Crippen LogP contribution in [0, 0.1) is 0 Å². The Morgan fingerprint density at radius 2 is 1.69 bits per heavy atom. The molecular weight excluding hydrogens is 346 g/mol. The van der Waals surface area contributed by atoms with Crippen LogP contribution >= 0.6 is 0 Å². The van der Waals surface area contributed by atoms with Gasteiger partial charge in [0, 0.05) is 5.69 Å². The highest BCUT2D eigenvalue weighted by Gasteiger charge is 2.29. The lowest BCUT2D eigenvalue weighted by Crippen LogP contribution is -2.29. The summed E-state index contributed by atoms with van der Waals surface area (Å²) in [7, 11) is -3.27. The molecule has 0 aliphatic rings. The summed E-state index contributed by atoms with van der Waals surface area (Å²) in [6, 6.07) is 16.7. The second kappa shape index (κ2) is 8.04. The molecular formula is C21H27NO3S. The lowest BCUT2D eigenvalue weighted by molar-refractivity contribution is -0.117. The van der Waals surface area contributed by atoms with E-state index in [1.54, 1.807) is 45.0 Å². The number of carbonyl (C=O) groups is 1. The number of sulfone groups is 1. The minimum absolute atomic E-state index is 0.0455. The van der Waals surface area contributed by atoms with Gasteiger partial charge in [-0.25, -0.2) is 8.42 Å². The second-order valence-electron chi connectivity index (χ2n) is 7.43. The van der Waals surface area contributed by atoms with Crippen LogP contribution in [0.1, 0.15) is 51.2 Å². The number of anilines is 1. The molecule has 1 atom stereocenters. The normalized spacial score (nSPS) is 13.2. The van der Waals surface area contributed by atoms with Crippen LogP contribution in [0.5, 0.6) is 0 Å². The zero-order chi connectivity index (χ0) is 19.4. The van der Waals surface area contributed by atoms with E-state index in [0.717, 1.165) is 5.56 Å². The molecule has 26 heavy (non-hydrogen) atoms. The van der Waals surface area contributed by atoms with E-state index in [0.29, 0.717) is 17.7 Å². The van der Waals surface area contributed by atoms with Crippen molar-refractivity contribution in [2.24, 2.45) is 0 Å². The molecule has 0 bridgehead atoms. The van der Waals surface area contributed by atoms with Crippen LogP contribution in [-0.2, 0) is 20.4 Å². The Hall–Kier alpha value is -2.14. The third kappa shape index (κ3) is 4.94. The molecule has 0 heterocycles. The maximum absolute atomic E-state index is 12.7. The fourth-order valence-corrected chi connectivity index (χ4v) is 3.71. The molecule has 0 aromatic heterocycles. The van der Waals surface area contributed by atoms with Gasteiger partial charge in [-0.15, -0.1) is 0 Å². The van der Waals surface area contributed by atoms with Crippen LogP contribution in [0.25, 0.3) is 0 Å². The van der Waals surface area contributed by atoms with Crippen LogP contribution in [0.4, 0.5) is 5.69 Å². The number of rotatable bonds is 6. The molecule has 2 aromatic rings. The standard InChI is InChI=1S/C21H27NO3S/c1-5-19(17-11-7-6-8-12-17)20(23)22-18-13-9-10-16(14-18)15-26(24,25)21(2,3)4/h6-14,19H,5,15H2,1-4H3,(H,22,23). The molecule has 0 saturated carbocycles. The number of carbonyl (C=O) groups excluding carboxylic acids is 1. The molecule has 0 spiro atoms.